The van der Waals surface area contributed by atoms with E-state index in [4.69, 9.17) is 4.74 Å². The fourth-order valence-corrected chi connectivity index (χ4v) is 3.83. The number of rotatable bonds is 10. The van der Waals surface area contributed by atoms with Gasteiger partial charge in [-0.25, -0.2) is 4.79 Å². The molecule has 0 aromatic heterocycles. The molecule has 34 heavy (non-hydrogen) atoms. The second kappa shape index (κ2) is 13.2. The zero-order valence-corrected chi connectivity index (χ0v) is 22.1. The summed E-state index contributed by atoms with van der Waals surface area (Å²) in [5, 5.41) is 5.18. The third kappa shape index (κ3) is 9.62. The minimum atomic E-state index is -1.02. The summed E-state index contributed by atoms with van der Waals surface area (Å²) in [7, 11) is 2.73. The Kier molecular flexibility index (Phi) is 11.4. The Labute approximate surface area is 206 Å². The number of nitrogens with zero attached hydrogens (tertiary/aromatic N) is 1. The monoisotopic (exact) mass is 495 g/mol. The van der Waals surface area contributed by atoms with Crippen molar-refractivity contribution in [2.24, 2.45) is 0 Å². The van der Waals surface area contributed by atoms with Crippen molar-refractivity contribution < 1.29 is 28.7 Å². The Hall–Kier alpha value is -2.75. The number of hydrogen-bond donors (Lipinski definition) is 2. The third-order valence-electron chi connectivity index (χ3n) is 4.78. The van der Waals surface area contributed by atoms with Gasteiger partial charge in [0.15, 0.2) is 0 Å². The topological polar surface area (TPSA) is 114 Å². The number of esters is 1. The molecule has 0 saturated heterocycles. The van der Waals surface area contributed by atoms with Crippen molar-refractivity contribution in [3.63, 3.8) is 0 Å². The molecule has 0 spiro atoms. The predicted molar refractivity (Wildman–Crippen MR) is 133 cm³/mol. The minimum Gasteiger partial charge on any atom is -0.468 e. The van der Waals surface area contributed by atoms with Crippen molar-refractivity contribution in [1.29, 1.82) is 0 Å². The lowest BCUT2D eigenvalue weighted by atomic mass is 9.99. The first-order valence-electron chi connectivity index (χ1n) is 11.0. The van der Waals surface area contributed by atoms with Gasteiger partial charge in [-0.1, -0.05) is 29.3 Å². The van der Waals surface area contributed by atoms with Gasteiger partial charge in [0.05, 0.1) is 7.11 Å². The fraction of sp³-hybridized carbons (Fsp3) is 0.583. The summed E-state index contributed by atoms with van der Waals surface area (Å²) in [6.45, 7) is 8.67. The number of benzene rings is 1. The molecule has 190 valence electrons. The number of thioether (sulfide) groups is 1. The van der Waals surface area contributed by atoms with Gasteiger partial charge in [0.1, 0.15) is 24.2 Å². The summed E-state index contributed by atoms with van der Waals surface area (Å²) in [6.07, 6.45) is 1.54. The lowest BCUT2D eigenvalue weighted by molar-refractivity contribution is -0.143. The summed E-state index contributed by atoms with van der Waals surface area (Å²) < 4.78 is 9.92. The van der Waals surface area contributed by atoms with Gasteiger partial charge in [-0.3, -0.25) is 14.4 Å². The molecular weight excluding hydrogens is 458 g/mol. The van der Waals surface area contributed by atoms with Crippen LogP contribution < -0.4 is 10.6 Å². The molecule has 1 rings (SSSR count). The van der Waals surface area contributed by atoms with Crippen LogP contribution in [-0.4, -0.2) is 73.1 Å². The second-order valence-corrected chi connectivity index (χ2v) is 10.0. The molecule has 10 heteroatoms. The van der Waals surface area contributed by atoms with Crippen LogP contribution in [0.2, 0.25) is 0 Å². The minimum absolute atomic E-state index is 0.329. The maximum atomic E-state index is 13.5. The van der Waals surface area contributed by atoms with Crippen molar-refractivity contribution in [2.75, 3.05) is 32.7 Å². The molecule has 0 fully saturated rings. The molecule has 1 aromatic carbocycles. The van der Waals surface area contributed by atoms with Gasteiger partial charge in [0, 0.05) is 7.05 Å². The third-order valence-corrected chi connectivity index (χ3v) is 5.42. The standard InChI is InChI=1S/C24H37N3O6S/c1-15-11-16(2)13-17(12-15)20(21(29)25-14-19(28)32-7)27(6)22(30)18(9-10-34-8)26-23(31)33-24(3,4)5/h11-13,18,20H,9-10,14H2,1-8H3,(H,25,29)(H,26,31). The highest BCUT2D eigenvalue weighted by Crippen LogP contribution is 2.24. The van der Waals surface area contributed by atoms with Crippen LogP contribution in [0.1, 0.15) is 49.9 Å². The van der Waals surface area contributed by atoms with Crippen molar-refractivity contribution in [1.82, 2.24) is 15.5 Å². The summed E-state index contributed by atoms with van der Waals surface area (Å²) >= 11 is 1.53. The van der Waals surface area contributed by atoms with E-state index < -0.39 is 41.6 Å². The van der Waals surface area contributed by atoms with E-state index in [0.717, 1.165) is 11.1 Å². The number of alkyl carbamates (subject to hydrolysis) is 1. The SMILES string of the molecule is COC(=O)CNC(=O)C(c1cc(C)cc(C)c1)N(C)C(=O)C(CCSC)NC(=O)OC(C)(C)C. The van der Waals surface area contributed by atoms with Crippen LogP contribution in [0.25, 0.3) is 0 Å². The normalized spacial score (nSPS) is 12.8. The smallest absolute Gasteiger partial charge is 0.408 e. The highest BCUT2D eigenvalue weighted by Gasteiger charge is 2.34. The summed E-state index contributed by atoms with van der Waals surface area (Å²) in [5.74, 6) is -0.974. The number of methoxy groups -OCH3 is 1. The first kappa shape index (κ1) is 29.3. The molecule has 3 amide bonds. The number of carbonyl (C=O) groups excluding carboxylic acids is 4. The van der Waals surface area contributed by atoms with Crippen molar-refractivity contribution in [2.45, 2.75) is 58.7 Å². The Morgan fingerprint density at radius 2 is 1.68 bits per heavy atom. The van der Waals surface area contributed by atoms with Crippen molar-refractivity contribution in [3.8, 4) is 0 Å². The van der Waals surface area contributed by atoms with Crippen LogP contribution in [0.15, 0.2) is 18.2 Å². The van der Waals surface area contributed by atoms with Gasteiger partial charge >= 0.3 is 12.1 Å². The fourth-order valence-electron chi connectivity index (χ4n) is 3.36. The van der Waals surface area contributed by atoms with E-state index in [-0.39, 0.29) is 6.54 Å². The maximum absolute atomic E-state index is 13.5. The van der Waals surface area contributed by atoms with Crippen molar-refractivity contribution >= 4 is 35.6 Å². The van der Waals surface area contributed by atoms with E-state index in [0.29, 0.717) is 17.7 Å². The van der Waals surface area contributed by atoms with Crippen LogP contribution in [0.5, 0.6) is 0 Å². The second-order valence-electron chi connectivity index (χ2n) is 9.05. The molecular formula is C24H37N3O6S. The Morgan fingerprint density at radius 1 is 1.09 bits per heavy atom. The highest BCUT2D eigenvalue weighted by molar-refractivity contribution is 7.98. The van der Waals surface area contributed by atoms with Gasteiger partial charge in [-0.05, 0) is 58.6 Å². The molecule has 0 bridgehead atoms. The van der Waals surface area contributed by atoms with Gasteiger partial charge in [0.25, 0.3) is 0 Å². The molecule has 2 atom stereocenters. The number of carbonyl (C=O) groups is 4. The van der Waals surface area contributed by atoms with Crippen LogP contribution >= 0.6 is 11.8 Å². The van der Waals surface area contributed by atoms with Crippen LogP contribution in [0.4, 0.5) is 4.79 Å². The van der Waals surface area contributed by atoms with Crippen LogP contribution in [0.3, 0.4) is 0 Å². The van der Waals surface area contributed by atoms with E-state index in [9.17, 15) is 19.2 Å². The first-order chi connectivity index (χ1) is 15.8. The number of likely N-dealkylation sites (N-methyl/N-ethyl adjacent to an activating group) is 1. The molecule has 2 N–H and O–H groups in total. The van der Waals surface area contributed by atoms with Gasteiger partial charge in [0.2, 0.25) is 11.8 Å². The molecule has 0 heterocycles. The molecule has 0 aliphatic heterocycles. The van der Waals surface area contributed by atoms with Gasteiger partial charge in [-0.15, -0.1) is 0 Å². The van der Waals surface area contributed by atoms with E-state index in [1.807, 2.05) is 38.3 Å². The molecule has 9 nitrogen and oxygen atoms in total. The lowest BCUT2D eigenvalue weighted by Crippen LogP contribution is -2.52. The van der Waals surface area contributed by atoms with E-state index in [2.05, 4.69) is 15.4 Å². The number of nitrogens with one attached hydrogen (secondary N) is 2. The van der Waals surface area contributed by atoms with Gasteiger partial charge < -0.3 is 25.0 Å². The quantitative estimate of drug-likeness (QED) is 0.480. The van der Waals surface area contributed by atoms with E-state index in [1.54, 1.807) is 20.8 Å². The number of hydrogen-bond acceptors (Lipinski definition) is 7. The first-order valence-corrected chi connectivity index (χ1v) is 12.4. The molecule has 0 aliphatic carbocycles. The molecule has 0 aliphatic rings. The summed E-state index contributed by atoms with van der Waals surface area (Å²) in [4.78, 5) is 51.9. The van der Waals surface area contributed by atoms with Crippen LogP contribution in [-0.2, 0) is 23.9 Å². The summed E-state index contributed by atoms with van der Waals surface area (Å²) in [6, 6.07) is 3.68. The van der Waals surface area contributed by atoms with Crippen LogP contribution in [0, 0.1) is 13.8 Å². The molecule has 2 unspecified atom stereocenters. The number of aryl methyl sites for hydroxylation is 2. The number of amides is 3. The average molecular weight is 496 g/mol. The molecule has 1 aromatic rings. The molecule has 0 saturated carbocycles. The lowest BCUT2D eigenvalue weighted by Gasteiger charge is -2.32. The zero-order chi connectivity index (χ0) is 26.1. The Morgan fingerprint density at radius 3 is 2.18 bits per heavy atom. The highest BCUT2D eigenvalue weighted by atomic mass is 32.2. The largest absolute Gasteiger partial charge is 0.468 e. The maximum Gasteiger partial charge on any atom is 0.408 e. The van der Waals surface area contributed by atoms with Gasteiger partial charge in [-0.2, -0.15) is 11.8 Å². The Bertz CT molecular complexity index is 864. The Balaban J connectivity index is 3.27. The number of ether oxygens (including phenoxy) is 2. The molecule has 0 radical (unpaired) electrons. The van der Waals surface area contributed by atoms with E-state index in [1.165, 1.54) is 30.8 Å². The predicted octanol–water partition coefficient (Wildman–Crippen LogP) is 2.74. The summed E-state index contributed by atoms with van der Waals surface area (Å²) in [5.41, 5.74) is 1.72. The average Bonchev–Trinajstić information content (AvgIpc) is 2.72. The van der Waals surface area contributed by atoms with E-state index >= 15 is 0 Å². The zero-order valence-electron chi connectivity index (χ0n) is 21.3. The van der Waals surface area contributed by atoms with Crippen molar-refractivity contribution in [3.05, 3.63) is 34.9 Å².